The first kappa shape index (κ1) is 22.6. The number of rotatable bonds is 5. The maximum atomic E-state index is 12.7. The molecule has 2 N–H and O–H groups in total. The van der Waals surface area contributed by atoms with E-state index >= 15 is 0 Å². The molecule has 2 aromatic rings. The highest BCUT2D eigenvalue weighted by Gasteiger charge is 2.49. The summed E-state index contributed by atoms with van der Waals surface area (Å²) in [6.45, 7) is 6.58. The lowest BCUT2D eigenvalue weighted by Gasteiger charge is -2.57. The highest BCUT2D eigenvalue weighted by molar-refractivity contribution is 5.74. The zero-order valence-corrected chi connectivity index (χ0v) is 19.3. The third-order valence-corrected chi connectivity index (χ3v) is 6.77. The number of hydrogen-bond acceptors (Lipinski definition) is 4. The summed E-state index contributed by atoms with van der Waals surface area (Å²) in [5, 5.41) is 13.2. The predicted molar refractivity (Wildman–Crippen MR) is 127 cm³/mol. The summed E-state index contributed by atoms with van der Waals surface area (Å²) in [7, 11) is 1.68. The topological polar surface area (TPSA) is 65.0 Å². The van der Waals surface area contributed by atoms with Crippen LogP contribution in [0.2, 0.25) is 0 Å². The Morgan fingerprint density at radius 3 is 2.56 bits per heavy atom. The predicted octanol–water partition coefficient (Wildman–Crippen LogP) is 3.70. The molecule has 0 saturated carbocycles. The molecule has 0 aliphatic carbocycles. The summed E-state index contributed by atoms with van der Waals surface area (Å²) >= 11 is 0. The molecular weight excluding hydrogens is 402 g/mol. The standard InChI is InChI=1S/C26H35N3O3/c1-18(2)27-26(31)28-13-4-5-14-29-23(16-28)25(24(29)17-30)20-11-9-19(10-12-20)21-7-6-8-22(15-21)32-3/h6-12,15,18,23-25,30H,4-5,13-14,16-17H2,1-3H3,(H,27,31)/t23-,24+,25+/m1/s1. The largest absolute Gasteiger partial charge is 0.497 e. The van der Waals surface area contributed by atoms with Crippen molar-refractivity contribution in [2.24, 2.45) is 0 Å². The number of aliphatic hydroxyl groups is 1. The van der Waals surface area contributed by atoms with Gasteiger partial charge in [0.25, 0.3) is 0 Å². The molecule has 6 nitrogen and oxygen atoms in total. The van der Waals surface area contributed by atoms with Crippen molar-refractivity contribution < 1.29 is 14.6 Å². The molecule has 0 radical (unpaired) electrons. The molecule has 0 spiro atoms. The van der Waals surface area contributed by atoms with Gasteiger partial charge < -0.3 is 20.1 Å². The minimum absolute atomic E-state index is 0.0152. The number of methoxy groups -OCH3 is 1. The Hall–Kier alpha value is -2.57. The number of fused-ring (bicyclic) bond motifs is 1. The number of amides is 2. The van der Waals surface area contributed by atoms with E-state index in [-0.39, 0.29) is 36.7 Å². The van der Waals surface area contributed by atoms with Gasteiger partial charge in [-0.05, 0) is 62.1 Å². The van der Waals surface area contributed by atoms with Crippen molar-refractivity contribution in [1.29, 1.82) is 0 Å². The van der Waals surface area contributed by atoms with Crippen molar-refractivity contribution in [3.63, 3.8) is 0 Å². The van der Waals surface area contributed by atoms with E-state index in [4.69, 9.17) is 4.74 Å². The Kier molecular flexibility index (Phi) is 7.01. The Bertz CT molecular complexity index is 915. The molecule has 2 aromatic carbocycles. The van der Waals surface area contributed by atoms with Gasteiger partial charge in [-0.15, -0.1) is 0 Å². The molecule has 6 heteroatoms. The SMILES string of the molecule is COc1cccc(-c2ccc([C@H]3[C@H]4CN(C(=O)NC(C)C)CCCCN4[C@H]3CO)cc2)c1. The molecule has 172 valence electrons. The van der Waals surface area contributed by atoms with Crippen LogP contribution in [-0.2, 0) is 0 Å². The molecule has 32 heavy (non-hydrogen) atoms. The summed E-state index contributed by atoms with van der Waals surface area (Å²) in [4.78, 5) is 17.1. The van der Waals surface area contributed by atoms with Gasteiger partial charge in [0.05, 0.1) is 13.7 Å². The van der Waals surface area contributed by atoms with Gasteiger partial charge in [-0.1, -0.05) is 36.4 Å². The lowest BCUT2D eigenvalue weighted by atomic mass is 9.74. The van der Waals surface area contributed by atoms with Gasteiger partial charge in [-0.2, -0.15) is 0 Å². The van der Waals surface area contributed by atoms with Crippen LogP contribution in [0.15, 0.2) is 48.5 Å². The smallest absolute Gasteiger partial charge is 0.317 e. The molecule has 3 atom stereocenters. The fraction of sp³-hybridized carbons (Fsp3) is 0.500. The number of nitrogens with one attached hydrogen (secondary N) is 1. The van der Waals surface area contributed by atoms with E-state index in [9.17, 15) is 9.90 Å². The number of urea groups is 1. The number of aliphatic hydroxyl groups excluding tert-OH is 1. The van der Waals surface area contributed by atoms with Gasteiger partial charge in [0.2, 0.25) is 0 Å². The zero-order chi connectivity index (χ0) is 22.7. The number of carbonyl (C=O) groups is 1. The minimum atomic E-state index is 0.0152. The number of nitrogens with zero attached hydrogens (tertiary/aromatic N) is 2. The molecule has 2 fully saturated rings. The first-order valence-corrected chi connectivity index (χ1v) is 11.7. The maximum absolute atomic E-state index is 12.7. The van der Waals surface area contributed by atoms with E-state index in [1.807, 2.05) is 36.9 Å². The lowest BCUT2D eigenvalue weighted by molar-refractivity contribution is -0.0591. The van der Waals surface area contributed by atoms with Crippen molar-refractivity contribution in [1.82, 2.24) is 15.1 Å². The molecule has 4 rings (SSSR count). The van der Waals surface area contributed by atoms with Gasteiger partial charge in [0.15, 0.2) is 0 Å². The van der Waals surface area contributed by atoms with Gasteiger partial charge in [0, 0.05) is 37.1 Å². The fourth-order valence-electron chi connectivity index (χ4n) is 5.16. The van der Waals surface area contributed by atoms with Crippen molar-refractivity contribution in [2.75, 3.05) is 33.4 Å². The van der Waals surface area contributed by atoms with Crippen molar-refractivity contribution in [3.8, 4) is 16.9 Å². The highest BCUT2D eigenvalue weighted by Crippen LogP contribution is 2.42. The first-order chi connectivity index (χ1) is 15.5. The lowest BCUT2D eigenvalue weighted by Crippen LogP contribution is -2.68. The average Bonchev–Trinajstić information content (AvgIpc) is 2.78. The molecule has 0 unspecified atom stereocenters. The molecule has 2 aliphatic rings. The Labute approximate surface area is 191 Å². The fourth-order valence-corrected chi connectivity index (χ4v) is 5.16. The van der Waals surface area contributed by atoms with Crippen molar-refractivity contribution in [3.05, 3.63) is 54.1 Å². The second-order valence-corrected chi connectivity index (χ2v) is 9.19. The number of ether oxygens (including phenoxy) is 1. The van der Waals surface area contributed by atoms with Crippen molar-refractivity contribution in [2.45, 2.75) is 50.7 Å². The Morgan fingerprint density at radius 2 is 1.88 bits per heavy atom. The number of benzene rings is 2. The summed E-state index contributed by atoms with van der Waals surface area (Å²) in [6.07, 6.45) is 2.03. The summed E-state index contributed by atoms with van der Waals surface area (Å²) in [6, 6.07) is 17.2. The zero-order valence-electron chi connectivity index (χ0n) is 19.3. The van der Waals surface area contributed by atoms with Crippen LogP contribution in [0.4, 0.5) is 4.79 Å². The van der Waals surface area contributed by atoms with E-state index in [0.717, 1.165) is 42.8 Å². The van der Waals surface area contributed by atoms with E-state index < -0.39 is 0 Å². The average molecular weight is 438 g/mol. The van der Waals surface area contributed by atoms with E-state index in [0.29, 0.717) is 6.54 Å². The molecular formula is C26H35N3O3. The second-order valence-electron chi connectivity index (χ2n) is 9.19. The minimum Gasteiger partial charge on any atom is -0.497 e. The van der Waals surface area contributed by atoms with Crippen LogP contribution in [0.3, 0.4) is 0 Å². The van der Waals surface area contributed by atoms with Crippen molar-refractivity contribution >= 4 is 6.03 Å². The normalized spacial score (nSPS) is 23.7. The first-order valence-electron chi connectivity index (χ1n) is 11.7. The number of hydrogen-bond donors (Lipinski definition) is 2. The van der Waals surface area contributed by atoms with Crippen LogP contribution in [0.1, 0.15) is 38.2 Å². The van der Waals surface area contributed by atoms with Gasteiger partial charge >= 0.3 is 6.03 Å². The molecule has 0 aromatic heterocycles. The Morgan fingerprint density at radius 1 is 1.12 bits per heavy atom. The molecule has 0 bridgehead atoms. The van der Waals surface area contributed by atoms with Crippen LogP contribution in [0.25, 0.3) is 11.1 Å². The van der Waals surface area contributed by atoms with E-state index in [2.05, 4.69) is 40.5 Å². The Balaban J connectivity index is 1.55. The molecule has 2 aliphatic heterocycles. The molecule has 2 amide bonds. The molecule has 2 heterocycles. The van der Waals surface area contributed by atoms with Gasteiger partial charge in [-0.25, -0.2) is 4.79 Å². The monoisotopic (exact) mass is 437 g/mol. The van der Waals surface area contributed by atoms with Crippen LogP contribution in [-0.4, -0.2) is 72.4 Å². The number of carbonyl (C=O) groups excluding carboxylic acids is 1. The maximum Gasteiger partial charge on any atom is 0.317 e. The van der Waals surface area contributed by atoms with E-state index in [1.165, 1.54) is 5.56 Å². The van der Waals surface area contributed by atoms with Crippen LogP contribution in [0.5, 0.6) is 5.75 Å². The summed E-state index contributed by atoms with van der Waals surface area (Å²) in [5.41, 5.74) is 3.48. The third kappa shape index (κ3) is 4.62. The third-order valence-electron chi connectivity index (χ3n) is 6.77. The van der Waals surface area contributed by atoms with Gasteiger partial charge in [-0.3, -0.25) is 4.90 Å². The van der Waals surface area contributed by atoms with Crippen LogP contribution >= 0.6 is 0 Å². The van der Waals surface area contributed by atoms with Crippen LogP contribution < -0.4 is 10.1 Å². The van der Waals surface area contributed by atoms with Crippen LogP contribution in [0, 0.1) is 0 Å². The molecule has 2 saturated heterocycles. The highest BCUT2D eigenvalue weighted by atomic mass is 16.5. The summed E-state index contributed by atoms with van der Waals surface area (Å²) in [5.74, 6) is 1.06. The summed E-state index contributed by atoms with van der Waals surface area (Å²) < 4.78 is 5.36. The van der Waals surface area contributed by atoms with E-state index in [1.54, 1.807) is 7.11 Å². The van der Waals surface area contributed by atoms with Gasteiger partial charge in [0.1, 0.15) is 5.75 Å². The quantitative estimate of drug-likeness (QED) is 0.749. The second kappa shape index (κ2) is 9.92.